The molecule has 1 saturated heterocycles. The van der Waals surface area contributed by atoms with Gasteiger partial charge in [-0.1, -0.05) is 39.0 Å². The zero-order chi connectivity index (χ0) is 13.0. The molecule has 1 saturated carbocycles. The van der Waals surface area contributed by atoms with Crippen molar-refractivity contribution in [1.29, 1.82) is 0 Å². The molecule has 1 aliphatic heterocycles. The standard InChI is InChI=1S/C15H28N2O/c1-3-4-5-8-11-17-14(13-9-6-7-10-13)16-12(2)15(17)18/h12-14,16H,3-11H2,1-2H3. The SMILES string of the molecule is CCCCCCN1C(=O)C(C)NC1C1CCCC1. The molecular weight excluding hydrogens is 224 g/mol. The Morgan fingerprint density at radius 2 is 1.94 bits per heavy atom. The molecule has 0 aromatic heterocycles. The van der Waals surface area contributed by atoms with Gasteiger partial charge in [0.2, 0.25) is 5.91 Å². The van der Waals surface area contributed by atoms with Gasteiger partial charge in [-0.3, -0.25) is 10.1 Å². The van der Waals surface area contributed by atoms with Gasteiger partial charge >= 0.3 is 0 Å². The molecule has 2 atom stereocenters. The van der Waals surface area contributed by atoms with Crippen molar-refractivity contribution in [2.24, 2.45) is 5.92 Å². The zero-order valence-corrected chi connectivity index (χ0v) is 12.0. The molecule has 1 aliphatic carbocycles. The number of carbonyl (C=O) groups excluding carboxylic acids is 1. The van der Waals surface area contributed by atoms with E-state index in [0.29, 0.717) is 18.0 Å². The first-order valence-corrected chi connectivity index (χ1v) is 7.80. The smallest absolute Gasteiger partial charge is 0.240 e. The molecule has 18 heavy (non-hydrogen) atoms. The summed E-state index contributed by atoms with van der Waals surface area (Å²) >= 11 is 0. The molecule has 0 spiro atoms. The van der Waals surface area contributed by atoms with Crippen LogP contribution in [0.15, 0.2) is 0 Å². The van der Waals surface area contributed by atoms with Gasteiger partial charge < -0.3 is 4.90 Å². The number of nitrogens with zero attached hydrogens (tertiary/aromatic N) is 1. The van der Waals surface area contributed by atoms with Crippen molar-refractivity contribution >= 4 is 5.91 Å². The van der Waals surface area contributed by atoms with E-state index in [1.807, 2.05) is 6.92 Å². The Morgan fingerprint density at radius 1 is 1.22 bits per heavy atom. The summed E-state index contributed by atoms with van der Waals surface area (Å²) in [6.45, 7) is 5.19. The minimum absolute atomic E-state index is 0.0294. The second-order valence-corrected chi connectivity index (χ2v) is 5.97. The molecule has 2 aliphatic rings. The summed E-state index contributed by atoms with van der Waals surface area (Å²) in [4.78, 5) is 14.3. The highest BCUT2D eigenvalue weighted by atomic mass is 16.2. The second kappa shape index (κ2) is 6.55. The van der Waals surface area contributed by atoms with Crippen molar-refractivity contribution in [3.05, 3.63) is 0 Å². The molecule has 1 amide bonds. The van der Waals surface area contributed by atoms with Crippen LogP contribution in [-0.4, -0.2) is 29.6 Å². The van der Waals surface area contributed by atoms with E-state index in [9.17, 15) is 4.79 Å². The van der Waals surface area contributed by atoms with Crippen LogP contribution in [0.3, 0.4) is 0 Å². The topological polar surface area (TPSA) is 32.3 Å². The Kier molecular flexibility index (Phi) is 5.04. The number of amides is 1. The lowest BCUT2D eigenvalue weighted by Gasteiger charge is -2.29. The van der Waals surface area contributed by atoms with E-state index >= 15 is 0 Å². The number of hydrogen-bond acceptors (Lipinski definition) is 2. The van der Waals surface area contributed by atoms with Crippen molar-refractivity contribution in [3.63, 3.8) is 0 Å². The van der Waals surface area contributed by atoms with Crippen molar-refractivity contribution in [2.45, 2.75) is 77.4 Å². The van der Waals surface area contributed by atoms with Crippen molar-refractivity contribution < 1.29 is 4.79 Å². The molecule has 2 rings (SSSR count). The number of unbranched alkanes of at least 4 members (excludes halogenated alkanes) is 3. The maximum atomic E-state index is 12.2. The van der Waals surface area contributed by atoms with E-state index in [1.54, 1.807) is 0 Å². The van der Waals surface area contributed by atoms with Crippen molar-refractivity contribution in [2.75, 3.05) is 6.54 Å². The predicted molar refractivity (Wildman–Crippen MR) is 74.2 cm³/mol. The Bertz CT molecular complexity index is 274. The minimum atomic E-state index is 0.0294. The number of rotatable bonds is 6. The monoisotopic (exact) mass is 252 g/mol. The fourth-order valence-corrected chi connectivity index (χ4v) is 3.43. The molecular formula is C15H28N2O. The van der Waals surface area contributed by atoms with Crippen molar-refractivity contribution in [1.82, 2.24) is 10.2 Å². The molecule has 3 nitrogen and oxygen atoms in total. The van der Waals surface area contributed by atoms with Crippen LogP contribution in [0.2, 0.25) is 0 Å². The van der Waals surface area contributed by atoms with Gasteiger partial charge in [0.1, 0.15) is 0 Å². The molecule has 1 N–H and O–H groups in total. The quantitative estimate of drug-likeness (QED) is 0.737. The molecule has 1 heterocycles. The maximum absolute atomic E-state index is 12.2. The highest BCUT2D eigenvalue weighted by molar-refractivity contribution is 5.83. The van der Waals surface area contributed by atoms with E-state index in [1.165, 1.54) is 44.9 Å². The Morgan fingerprint density at radius 3 is 2.61 bits per heavy atom. The van der Waals surface area contributed by atoms with Crippen LogP contribution in [0.1, 0.15) is 65.2 Å². The van der Waals surface area contributed by atoms with E-state index in [0.717, 1.165) is 13.0 Å². The number of hydrogen-bond donors (Lipinski definition) is 1. The fourth-order valence-electron chi connectivity index (χ4n) is 3.43. The molecule has 2 fully saturated rings. The van der Waals surface area contributed by atoms with Crippen LogP contribution in [0.5, 0.6) is 0 Å². The fraction of sp³-hybridized carbons (Fsp3) is 0.933. The zero-order valence-electron chi connectivity index (χ0n) is 12.0. The molecule has 2 unspecified atom stereocenters. The third-order valence-electron chi connectivity index (χ3n) is 4.51. The van der Waals surface area contributed by atoms with Crippen molar-refractivity contribution in [3.8, 4) is 0 Å². The summed E-state index contributed by atoms with van der Waals surface area (Å²) in [6.07, 6.45) is 10.6. The highest BCUT2D eigenvalue weighted by Gasteiger charge is 2.40. The first kappa shape index (κ1) is 13.9. The van der Waals surface area contributed by atoms with Gasteiger partial charge in [-0.2, -0.15) is 0 Å². The molecule has 0 aromatic carbocycles. The molecule has 3 heteroatoms. The third-order valence-corrected chi connectivity index (χ3v) is 4.51. The van der Waals surface area contributed by atoms with Crippen LogP contribution in [-0.2, 0) is 4.79 Å². The molecule has 104 valence electrons. The Labute approximate surface area is 111 Å². The largest absolute Gasteiger partial charge is 0.326 e. The van der Waals surface area contributed by atoms with Gasteiger partial charge in [-0.05, 0) is 32.1 Å². The van der Waals surface area contributed by atoms with Crippen LogP contribution in [0.25, 0.3) is 0 Å². The molecule has 0 bridgehead atoms. The first-order chi connectivity index (χ1) is 8.74. The Balaban J connectivity index is 1.88. The highest BCUT2D eigenvalue weighted by Crippen LogP contribution is 2.32. The normalized spacial score (nSPS) is 29.4. The van der Waals surface area contributed by atoms with Crippen LogP contribution in [0.4, 0.5) is 0 Å². The lowest BCUT2D eigenvalue weighted by atomic mass is 10.0. The number of carbonyl (C=O) groups is 1. The third kappa shape index (κ3) is 3.05. The summed E-state index contributed by atoms with van der Waals surface area (Å²) in [5.74, 6) is 1.02. The van der Waals surface area contributed by atoms with E-state index in [2.05, 4.69) is 17.1 Å². The van der Waals surface area contributed by atoms with Crippen LogP contribution >= 0.6 is 0 Å². The summed E-state index contributed by atoms with van der Waals surface area (Å²) in [5.41, 5.74) is 0. The average Bonchev–Trinajstić information content (AvgIpc) is 2.97. The van der Waals surface area contributed by atoms with Crippen LogP contribution < -0.4 is 5.32 Å². The van der Waals surface area contributed by atoms with Gasteiger partial charge in [0.25, 0.3) is 0 Å². The molecule has 0 radical (unpaired) electrons. The van der Waals surface area contributed by atoms with Gasteiger partial charge in [0.15, 0.2) is 0 Å². The summed E-state index contributed by atoms with van der Waals surface area (Å²) in [6, 6.07) is 0.0294. The van der Waals surface area contributed by atoms with E-state index in [-0.39, 0.29) is 6.04 Å². The predicted octanol–water partition coefficient (Wildman–Crippen LogP) is 2.90. The van der Waals surface area contributed by atoms with Gasteiger partial charge in [-0.25, -0.2) is 0 Å². The Hall–Kier alpha value is -0.570. The maximum Gasteiger partial charge on any atom is 0.240 e. The second-order valence-electron chi connectivity index (χ2n) is 5.97. The average molecular weight is 252 g/mol. The van der Waals surface area contributed by atoms with E-state index < -0.39 is 0 Å². The lowest BCUT2D eigenvalue weighted by Crippen LogP contribution is -2.43. The van der Waals surface area contributed by atoms with Gasteiger partial charge in [0, 0.05) is 6.54 Å². The van der Waals surface area contributed by atoms with E-state index in [4.69, 9.17) is 0 Å². The number of nitrogens with one attached hydrogen (secondary N) is 1. The van der Waals surface area contributed by atoms with Gasteiger partial charge in [-0.15, -0.1) is 0 Å². The summed E-state index contributed by atoms with van der Waals surface area (Å²) in [5, 5.41) is 3.51. The first-order valence-electron chi connectivity index (χ1n) is 7.80. The minimum Gasteiger partial charge on any atom is -0.326 e. The summed E-state index contributed by atoms with van der Waals surface area (Å²) in [7, 11) is 0. The van der Waals surface area contributed by atoms with Crippen LogP contribution in [0, 0.1) is 5.92 Å². The van der Waals surface area contributed by atoms with Gasteiger partial charge in [0.05, 0.1) is 12.2 Å². The lowest BCUT2D eigenvalue weighted by molar-refractivity contribution is -0.130. The molecule has 0 aromatic rings. The summed E-state index contributed by atoms with van der Waals surface area (Å²) < 4.78 is 0.